The standard InChI is InChI=1S/C13H25N3O3S/c1-11-6-4-8-15(10-11)20(18,19)16-9-5-7-12(16)13(17)14(2)3/h11-12H,4-10H2,1-3H3/t11-,12-/m0/s1. The molecule has 20 heavy (non-hydrogen) atoms. The Balaban J connectivity index is 2.17. The van der Waals surface area contributed by atoms with E-state index in [1.54, 1.807) is 18.4 Å². The van der Waals surface area contributed by atoms with Crippen molar-refractivity contribution < 1.29 is 13.2 Å². The summed E-state index contributed by atoms with van der Waals surface area (Å²) < 4.78 is 28.5. The molecule has 2 aliphatic heterocycles. The van der Waals surface area contributed by atoms with Crippen LogP contribution in [0.5, 0.6) is 0 Å². The zero-order valence-corrected chi connectivity index (χ0v) is 13.4. The highest BCUT2D eigenvalue weighted by molar-refractivity contribution is 7.86. The Labute approximate surface area is 121 Å². The van der Waals surface area contributed by atoms with E-state index < -0.39 is 16.3 Å². The summed E-state index contributed by atoms with van der Waals surface area (Å²) in [5.41, 5.74) is 0. The third-order valence-electron chi connectivity index (χ3n) is 4.17. The van der Waals surface area contributed by atoms with Crippen molar-refractivity contribution in [3.63, 3.8) is 0 Å². The third kappa shape index (κ3) is 2.99. The molecule has 0 unspecified atom stereocenters. The summed E-state index contributed by atoms with van der Waals surface area (Å²) in [5.74, 6) is 0.278. The van der Waals surface area contributed by atoms with Crippen molar-refractivity contribution >= 4 is 16.1 Å². The Hall–Kier alpha value is -0.660. The maximum atomic E-state index is 12.8. The Morgan fingerprint density at radius 3 is 2.40 bits per heavy atom. The number of piperidine rings is 1. The molecule has 2 atom stereocenters. The fourth-order valence-electron chi connectivity index (χ4n) is 3.07. The summed E-state index contributed by atoms with van der Waals surface area (Å²) in [7, 11) is -0.153. The summed E-state index contributed by atoms with van der Waals surface area (Å²) >= 11 is 0. The van der Waals surface area contributed by atoms with Crippen LogP contribution in [0, 0.1) is 5.92 Å². The van der Waals surface area contributed by atoms with E-state index in [9.17, 15) is 13.2 Å². The summed E-state index contributed by atoms with van der Waals surface area (Å²) in [5, 5.41) is 0. The number of amides is 1. The summed E-state index contributed by atoms with van der Waals surface area (Å²) in [6.07, 6.45) is 3.36. The summed E-state index contributed by atoms with van der Waals surface area (Å²) in [6.45, 7) is 3.68. The number of likely N-dealkylation sites (N-methyl/N-ethyl adjacent to an activating group) is 1. The Bertz CT molecular complexity index is 463. The molecular weight excluding hydrogens is 278 g/mol. The van der Waals surface area contributed by atoms with E-state index in [0.717, 1.165) is 19.3 Å². The van der Waals surface area contributed by atoms with Gasteiger partial charge in [-0.15, -0.1) is 0 Å². The van der Waals surface area contributed by atoms with Crippen molar-refractivity contribution in [2.24, 2.45) is 5.92 Å². The molecule has 2 rings (SSSR count). The van der Waals surface area contributed by atoms with Crippen LogP contribution in [0.2, 0.25) is 0 Å². The average molecular weight is 303 g/mol. The van der Waals surface area contributed by atoms with Gasteiger partial charge in [-0.1, -0.05) is 6.92 Å². The Morgan fingerprint density at radius 2 is 1.80 bits per heavy atom. The normalized spacial score (nSPS) is 29.6. The number of carbonyl (C=O) groups is 1. The molecule has 2 saturated heterocycles. The van der Waals surface area contributed by atoms with Crippen LogP contribution < -0.4 is 0 Å². The fraction of sp³-hybridized carbons (Fsp3) is 0.923. The van der Waals surface area contributed by atoms with Gasteiger partial charge in [0, 0.05) is 33.7 Å². The first-order chi connectivity index (χ1) is 9.34. The van der Waals surface area contributed by atoms with Gasteiger partial charge in [0.05, 0.1) is 0 Å². The van der Waals surface area contributed by atoms with Crippen LogP contribution in [0.4, 0.5) is 0 Å². The maximum Gasteiger partial charge on any atom is 0.282 e. The van der Waals surface area contributed by atoms with Crippen molar-refractivity contribution in [3.8, 4) is 0 Å². The summed E-state index contributed by atoms with van der Waals surface area (Å²) in [6, 6.07) is -0.521. The van der Waals surface area contributed by atoms with Crippen molar-refractivity contribution in [2.75, 3.05) is 33.7 Å². The predicted molar refractivity (Wildman–Crippen MR) is 77.3 cm³/mol. The second-order valence-corrected chi connectivity index (χ2v) is 8.00. The third-order valence-corrected chi connectivity index (χ3v) is 6.19. The van der Waals surface area contributed by atoms with Crippen LogP contribution >= 0.6 is 0 Å². The summed E-state index contributed by atoms with van der Waals surface area (Å²) in [4.78, 5) is 13.6. The molecule has 0 aromatic heterocycles. The van der Waals surface area contributed by atoms with E-state index >= 15 is 0 Å². The minimum atomic E-state index is -3.50. The Kier molecular flexibility index (Phi) is 4.71. The zero-order valence-electron chi connectivity index (χ0n) is 12.6. The highest BCUT2D eigenvalue weighted by Crippen LogP contribution is 2.27. The molecule has 0 radical (unpaired) electrons. The molecule has 6 nitrogen and oxygen atoms in total. The first kappa shape index (κ1) is 15.7. The molecular formula is C13H25N3O3S. The smallest absolute Gasteiger partial charge is 0.282 e. The molecule has 0 spiro atoms. The van der Waals surface area contributed by atoms with Gasteiger partial charge in [0.2, 0.25) is 5.91 Å². The van der Waals surface area contributed by atoms with Gasteiger partial charge in [-0.2, -0.15) is 17.0 Å². The zero-order chi connectivity index (χ0) is 14.9. The number of nitrogens with zero attached hydrogens (tertiary/aromatic N) is 3. The van der Waals surface area contributed by atoms with Crippen LogP contribution in [-0.4, -0.2) is 67.6 Å². The van der Waals surface area contributed by atoms with Crippen molar-refractivity contribution in [1.29, 1.82) is 0 Å². The molecule has 0 bridgehead atoms. The minimum absolute atomic E-state index is 0.115. The van der Waals surface area contributed by atoms with E-state index in [1.807, 2.05) is 0 Å². The second kappa shape index (κ2) is 5.99. The van der Waals surface area contributed by atoms with Crippen LogP contribution in [0.25, 0.3) is 0 Å². The number of hydrogen-bond acceptors (Lipinski definition) is 3. The van der Waals surface area contributed by atoms with Gasteiger partial charge in [-0.05, 0) is 31.6 Å². The molecule has 0 N–H and O–H groups in total. The van der Waals surface area contributed by atoms with E-state index in [1.165, 1.54) is 9.21 Å². The Morgan fingerprint density at radius 1 is 1.15 bits per heavy atom. The van der Waals surface area contributed by atoms with Crippen molar-refractivity contribution in [2.45, 2.75) is 38.6 Å². The van der Waals surface area contributed by atoms with Gasteiger partial charge >= 0.3 is 0 Å². The van der Waals surface area contributed by atoms with Crippen LogP contribution in [-0.2, 0) is 15.0 Å². The maximum absolute atomic E-state index is 12.8. The van der Waals surface area contributed by atoms with E-state index in [2.05, 4.69) is 6.92 Å². The first-order valence-electron chi connectivity index (χ1n) is 7.32. The van der Waals surface area contributed by atoms with Gasteiger partial charge in [0.25, 0.3) is 10.2 Å². The fourth-order valence-corrected chi connectivity index (χ4v) is 5.04. The molecule has 1 amide bonds. The van der Waals surface area contributed by atoms with Crippen molar-refractivity contribution in [1.82, 2.24) is 13.5 Å². The lowest BCUT2D eigenvalue weighted by Gasteiger charge is -2.35. The highest BCUT2D eigenvalue weighted by Gasteiger charge is 2.42. The lowest BCUT2D eigenvalue weighted by atomic mass is 10.0. The highest BCUT2D eigenvalue weighted by atomic mass is 32.2. The van der Waals surface area contributed by atoms with Gasteiger partial charge < -0.3 is 4.90 Å². The quantitative estimate of drug-likeness (QED) is 0.763. The molecule has 0 saturated carbocycles. The minimum Gasteiger partial charge on any atom is -0.347 e. The monoisotopic (exact) mass is 303 g/mol. The largest absolute Gasteiger partial charge is 0.347 e. The predicted octanol–water partition coefficient (Wildman–Crippen LogP) is 0.516. The van der Waals surface area contributed by atoms with Crippen molar-refractivity contribution in [3.05, 3.63) is 0 Å². The van der Waals surface area contributed by atoms with E-state index in [0.29, 0.717) is 32.0 Å². The average Bonchev–Trinajstić information content (AvgIpc) is 2.87. The van der Waals surface area contributed by atoms with E-state index in [-0.39, 0.29) is 5.91 Å². The number of hydrogen-bond donors (Lipinski definition) is 0. The lowest BCUT2D eigenvalue weighted by molar-refractivity contribution is -0.132. The van der Waals surface area contributed by atoms with E-state index in [4.69, 9.17) is 0 Å². The molecule has 116 valence electrons. The molecule has 0 aromatic rings. The second-order valence-electron chi connectivity index (χ2n) is 6.11. The molecule has 2 heterocycles. The van der Waals surface area contributed by atoms with Gasteiger partial charge in [-0.25, -0.2) is 0 Å². The molecule has 2 aliphatic rings. The topological polar surface area (TPSA) is 60.9 Å². The van der Waals surface area contributed by atoms with Gasteiger partial charge in [-0.3, -0.25) is 4.79 Å². The molecule has 7 heteroatoms. The number of rotatable bonds is 3. The van der Waals surface area contributed by atoms with Crippen LogP contribution in [0.1, 0.15) is 32.6 Å². The number of carbonyl (C=O) groups excluding carboxylic acids is 1. The van der Waals surface area contributed by atoms with Crippen LogP contribution in [0.15, 0.2) is 0 Å². The van der Waals surface area contributed by atoms with Gasteiger partial charge in [0.15, 0.2) is 0 Å². The SMILES string of the molecule is C[C@H]1CCCN(S(=O)(=O)N2CCC[C@H]2C(=O)N(C)C)C1. The van der Waals surface area contributed by atoms with Crippen LogP contribution in [0.3, 0.4) is 0 Å². The molecule has 0 aliphatic carbocycles. The molecule has 2 fully saturated rings. The van der Waals surface area contributed by atoms with Gasteiger partial charge in [0.1, 0.15) is 6.04 Å². The lowest BCUT2D eigenvalue weighted by Crippen LogP contribution is -2.52. The first-order valence-corrected chi connectivity index (χ1v) is 8.72. The molecule has 0 aromatic carbocycles.